The molecule has 0 fully saturated rings. The summed E-state index contributed by atoms with van der Waals surface area (Å²) in [5.74, 6) is -0.467. The van der Waals surface area contributed by atoms with Crippen LogP contribution in [-0.2, 0) is 19.4 Å². The molecule has 0 radical (unpaired) electrons. The van der Waals surface area contributed by atoms with E-state index in [9.17, 15) is 13.2 Å². The van der Waals surface area contributed by atoms with Crippen LogP contribution in [0.2, 0.25) is 0 Å². The highest BCUT2D eigenvalue weighted by atomic mass is 19.4. The second-order valence-electron chi connectivity index (χ2n) is 4.83. The molecule has 17 heavy (non-hydrogen) atoms. The van der Waals surface area contributed by atoms with Crippen LogP contribution in [0.4, 0.5) is 13.2 Å². The predicted molar refractivity (Wildman–Crippen MR) is 57.5 cm³/mol. The average molecular weight is 247 g/mol. The van der Waals surface area contributed by atoms with Gasteiger partial charge >= 0.3 is 6.18 Å². The number of aromatic nitrogens is 2. The quantitative estimate of drug-likeness (QED) is 0.868. The van der Waals surface area contributed by atoms with Crippen LogP contribution < -0.4 is 0 Å². The summed E-state index contributed by atoms with van der Waals surface area (Å²) >= 11 is 0. The molecule has 1 aromatic rings. The first-order valence-corrected chi connectivity index (χ1v) is 5.64. The molecule has 1 unspecified atom stereocenters. The first-order chi connectivity index (χ1) is 7.86. The second-order valence-corrected chi connectivity index (χ2v) is 4.83. The molecule has 1 aliphatic carbocycles. The fourth-order valence-electron chi connectivity index (χ4n) is 2.19. The maximum Gasteiger partial charge on any atom is 0.392 e. The first kappa shape index (κ1) is 12.4. The van der Waals surface area contributed by atoms with Crippen LogP contribution in [0.3, 0.4) is 0 Å². The van der Waals surface area contributed by atoms with Gasteiger partial charge in [-0.15, -0.1) is 0 Å². The van der Waals surface area contributed by atoms with Gasteiger partial charge in [-0.1, -0.05) is 0 Å². The Morgan fingerprint density at radius 2 is 2.12 bits per heavy atom. The number of alkyl halides is 3. The Morgan fingerprint density at radius 1 is 1.41 bits per heavy atom. The Labute approximate surface area is 98.0 Å². The molecule has 0 amide bonds. The van der Waals surface area contributed by atoms with Crippen LogP contribution in [0.15, 0.2) is 0 Å². The van der Waals surface area contributed by atoms with Crippen molar-refractivity contribution in [1.82, 2.24) is 14.9 Å². The zero-order valence-electron chi connectivity index (χ0n) is 9.93. The second kappa shape index (κ2) is 4.33. The first-order valence-electron chi connectivity index (χ1n) is 5.64. The van der Waals surface area contributed by atoms with E-state index in [0.29, 0.717) is 18.7 Å². The van der Waals surface area contributed by atoms with Crippen LogP contribution in [-0.4, -0.2) is 35.1 Å². The molecule has 0 saturated carbocycles. The highest BCUT2D eigenvalue weighted by molar-refractivity contribution is 5.19. The van der Waals surface area contributed by atoms with Crippen molar-refractivity contribution < 1.29 is 13.2 Å². The van der Waals surface area contributed by atoms with Gasteiger partial charge in [-0.05, 0) is 26.9 Å². The van der Waals surface area contributed by atoms with Gasteiger partial charge in [-0.25, -0.2) is 4.98 Å². The van der Waals surface area contributed by atoms with E-state index in [-0.39, 0.29) is 12.8 Å². The number of nitrogens with one attached hydrogen (secondary N) is 1. The Morgan fingerprint density at radius 3 is 2.71 bits per heavy atom. The number of hydrogen-bond donors (Lipinski definition) is 1. The van der Waals surface area contributed by atoms with Crippen LogP contribution >= 0.6 is 0 Å². The lowest BCUT2D eigenvalue weighted by Gasteiger charge is -2.23. The van der Waals surface area contributed by atoms with Gasteiger partial charge in [0, 0.05) is 12.1 Å². The van der Waals surface area contributed by atoms with Gasteiger partial charge in [0.05, 0.1) is 18.2 Å². The van der Waals surface area contributed by atoms with E-state index in [1.165, 1.54) is 0 Å². The molecule has 1 aliphatic rings. The highest BCUT2D eigenvalue weighted by Crippen LogP contribution is 2.36. The van der Waals surface area contributed by atoms with Crippen molar-refractivity contribution in [3.05, 3.63) is 17.2 Å². The van der Waals surface area contributed by atoms with Gasteiger partial charge in [-0.2, -0.15) is 13.2 Å². The van der Waals surface area contributed by atoms with Crippen molar-refractivity contribution in [2.45, 2.75) is 32.0 Å². The van der Waals surface area contributed by atoms with Gasteiger partial charge < -0.3 is 9.88 Å². The smallest absolute Gasteiger partial charge is 0.345 e. The fraction of sp³-hybridized carbons (Fsp3) is 0.727. The molecule has 6 heteroatoms. The summed E-state index contributed by atoms with van der Waals surface area (Å²) < 4.78 is 37.8. The lowest BCUT2D eigenvalue weighted by molar-refractivity contribution is -0.177. The van der Waals surface area contributed by atoms with Crippen LogP contribution in [0.5, 0.6) is 0 Å². The molecular formula is C11H16F3N3. The molecule has 3 nitrogen and oxygen atoms in total. The molecule has 2 rings (SSSR count). The molecule has 1 heterocycles. The molecule has 0 aliphatic heterocycles. The van der Waals surface area contributed by atoms with E-state index >= 15 is 0 Å². The zero-order valence-corrected chi connectivity index (χ0v) is 9.93. The summed E-state index contributed by atoms with van der Waals surface area (Å²) in [4.78, 5) is 9.29. The Hall–Kier alpha value is -1.04. The standard InChI is InChI=1S/C11H16F3N3/c1-17(2)6-10-15-8-4-3-7(11(12,13)14)5-9(8)16-10/h7H,3-6H2,1-2H3,(H,15,16). The molecule has 0 saturated heterocycles. The molecule has 0 bridgehead atoms. The van der Waals surface area contributed by atoms with E-state index in [0.717, 1.165) is 11.5 Å². The number of nitrogens with zero attached hydrogens (tertiary/aromatic N) is 2. The third-order valence-electron chi connectivity index (χ3n) is 3.02. The Kier molecular flexibility index (Phi) is 3.16. The molecule has 1 aromatic heterocycles. The van der Waals surface area contributed by atoms with E-state index < -0.39 is 12.1 Å². The van der Waals surface area contributed by atoms with Gasteiger partial charge in [0.25, 0.3) is 0 Å². The summed E-state index contributed by atoms with van der Waals surface area (Å²) in [5, 5.41) is 0. The van der Waals surface area contributed by atoms with Crippen molar-refractivity contribution in [3.8, 4) is 0 Å². The molecule has 96 valence electrons. The third kappa shape index (κ3) is 2.80. The number of imidazole rings is 1. The van der Waals surface area contributed by atoms with Gasteiger partial charge in [0.1, 0.15) is 5.82 Å². The van der Waals surface area contributed by atoms with Crippen molar-refractivity contribution in [1.29, 1.82) is 0 Å². The SMILES string of the molecule is CN(C)Cc1nc2c([nH]1)CC(C(F)(F)F)CC2. The summed E-state index contributed by atoms with van der Waals surface area (Å²) in [5.41, 5.74) is 1.47. The number of aromatic amines is 1. The molecule has 0 aromatic carbocycles. The average Bonchev–Trinajstić information content (AvgIpc) is 2.55. The minimum Gasteiger partial charge on any atom is -0.345 e. The summed E-state index contributed by atoms with van der Waals surface area (Å²) in [6.07, 6.45) is -3.48. The number of fused-ring (bicyclic) bond motifs is 1. The monoisotopic (exact) mass is 247 g/mol. The van der Waals surface area contributed by atoms with Gasteiger partial charge in [0.15, 0.2) is 0 Å². The van der Waals surface area contributed by atoms with Crippen molar-refractivity contribution in [2.75, 3.05) is 14.1 Å². The number of halogens is 3. The summed E-state index contributed by atoms with van der Waals surface area (Å²) in [6.45, 7) is 0.629. The van der Waals surface area contributed by atoms with E-state index in [1.807, 2.05) is 19.0 Å². The zero-order chi connectivity index (χ0) is 12.6. The molecule has 0 spiro atoms. The topological polar surface area (TPSA) is 31.9 Å². The Bertz CT molecular complexity index is 395. The normalized spacial score (nSPS) is 20.7. The van der Waals surface area contributed by atoms with Crippen LogP contribution in [0.1, 0.15) is 23.6 Å². The molecule has 1 N–H and O–H groups in total. The Balaban J connectivity index is 2.13. The molecular weight excluding hydrogens is 231 g/mol. The van der Waals surface area contributed by atoms with Gasteiger partial charge in [0.2, 0.25) is 0 Å². The van der Waals surface area contributed by atoms with E-state index in [1.54, 1.807) is 0 Å². The predicted octanol–water partition coefficient (Wildman–Crippen LogP) is 2.14. The number of H-pyrrole nitrogens is 1. The number of hydrogen-bond acceptors (Lipinski definition) is 2. The van der Waals surface area contributed by atoms with Crippen molar-refractivity contribution in [3.63, 3.8) is 0 Å². The number of rotatable bonds is 2. The fourth-order valence-corrected chi connectivity index (χ4v) is 2.19. The summed E-state index contributed by atoms with van der Waals surface area (Å²) in [7, 11) is 3.81. The minimum absolute atomic E-state index is 0.0409. The lowest BCUT2D eigenvalue weighted by Crippen LogP contribution is -2.28. The lowest BCUT2D eigenvalue weighted by atomic mass is 9.89. The van der Waals surface area contributed by atoms with Crippen LogP contribution in [0, 0.1) is 5.92 Å². The van der Waals surface area contributed by atoms with Crippen LogP contribution in [0.25, 0.3) is 0 Å². The largest absolute Gasteiger partial charge is 0.392 e. The molecule has 1 atom stereocenters. The maximum atomic E-state index is 12.6. The third-order valence-corrected chi connectivity index (χ3v) is 3.02. The summed E-state index contributed by atoms with van der Waals surface area (Å²) in [6, 6.07) is 0. The van der Waals surface area contributed by atoms with Crippen molar-refractivity contribution in [2.24, 2.45) is 5.92 Å². The van der Waals surface area contributed by atoms with Crippen molar-refractivity contribution >= 4 is 0 Å². The highest BCUT2D eigenvalue weighted by Gasteiger charge is 2.41. The van der Waals surface area contributed by atoms with E-state index in [4.69, 9.17) is 0 Å². The van der Waals surface area contributed by atoms with E-state index in [2.05, 4.69) is 9.97 Å². The number of aryl methyl sites for hydroxylation is 1. The maximum absolute atomic E-state index is 12.6. The minimum atomic E-state index is -4.09. The van der Waals surface area contributed by atoms with Gasteiger partial charge in [-0.3, -0.25) is 0 Å².